The molecule has 3 amide bonds. The van der Waals surface area contributed by atoms with Gasteiger partial charge in [-0.15, -0.1) is 0 Å². The summed E-state index contributed by atoms with van der Waals surface area (Å²) in [6, 6.07) is 7.35. The average Bonchev–Trinajstić information content (AvgIpc) is 3.02. The zero-order valence-corrected chi connectivity index (χ0v) is 14.6. The van der Waals surface area contributed by atoms with Crippen LogP contribution in [-0.4, -0.2) is 35.7 Å². The second kappa shape index (κ2) is 7.43. The number of aryl methyl sites for hydroxylation is 1. The normalized spacial score (nSPS) is 17.0. The number of nitrogens with one attached hydrogen (secondary N) is 2. The van der Waals surface area contributed by atoms with Crippen LogP contribution in [0, 0.1) is 12.8 Å². The van der Waals surface area contributed by atoms with Gasteiger partial charge in [0.1, 0.15) is 5.58 Å². The molecule has 7 nitrogen and oxygen atoms in total. The van der Waals surface area contributed by atoms with E-state index in [1.165, 1.54) is 6.08 Å². The average molecular weight is 355 g/mol. The van der Waals surface area contributed by atoms with E-state index in [4.69, 9.17) is 4.42 Å². The molecule has 0 bridgehead atoms. The van der Waals surface area contributed by atoms with Crippen LogP contribution < -0.4 is 10.9 Å². The predicted molar refractivity (Wildman–Crippen MR) is 96.1 cm³/mol. The van der Waals surface area contributed by atoms with Gasteiger partial charge in [0.15, 0.2) is 5.76 Å². The standard InChI is InChI=1S/C19H21N3O4/c1-3-16(23)22-10-6-7-13(11-22)18(24)20-21-19(25)17-12(2)14-8-4-5-9-15(14)26-17/h3-5,8-9,13H,1,6-7,10-11H2,2H3,(H,20,24)(H,21,25). The number of fused-ring (bicyclic) bond motifs is 1. The number of piperidine rings is 1. The molecule has 1 aliphatic heterocycles. The van der Waals surface area contributed by atoms with Crippen LogP contribution in [0.15, 0.2) is 41.3 Å². The van der Waals surface area contributed by atoms with Gasteiger partial charge in [0, 0.05) is 24.0 Å². The third-order valence-corrected chi connectivity index (χ3v) is 4.63. The third kappa shape index (κ3) is 3.46. The summed E-state index contributed by atoms with van der Waals surface area (Å²) in [6.07, 6.45) is 2.63. The number of carbonyl (C=O) groups is 3. The number of para-hydroxylation sites is 1. The van der Waals surface area contributed by atoms with Gasteiger partial charge in [-0.3, -0.25) is 25.2 Å². The Kier molecular flexibility index (Phi) is 5.06. The zero-order valence-electron chi connectivity index (χ0n) is 14.6. The van der Waals surface area contributed by atoms with Crippen molar-refractivity contribution in [2.75, 3.05) is 13.1 Å². The molecule has 0 saturated carbocycles. The van der Waals surface area contributed by atoms with E-state index in [9.17, 15) is 14.4 Å². The van der Waals surface area contributed by atoms with Gasteiger partial charge in [0.25, 0.3) is 0 Å². The topological polar surface area (TPSA) is 91.7 Å². The minimum absolute atomic E-state index is 0.165. The number of furan rings is 1. The fraction of sp³-hybridized carbons (Fsp3) is 0.316. The first-order valence-corrected chi connectivity index (χ1v) is 8.51. The van der Waals surface area contributed by atoms with Crippen molar-refractivity contribution in [3.8, 4) is 0 Å². The molecular formula is C19H21N3O4. The Bertz CT molecular complexity index is 871. The zero-order chi connectivity index (χ0) is 18.7. The van der Waals surface area contributed by atoms with Gasteiger partial charge in [0.05, 0.1) is 5.92 Å². The Balaban J connectivity index is 1.61. The van der Waals surface area contributed by atoms with Crippen molar-refractivity contribution < 1.29 is 18.8 Å². The Hall–Kier alpha value is -3.09. The number of nitrogens with zero attached hydrogens (tertiary/aromatic N) is 1. The van der Waals surface area contributed by atoms with E-state index in [-0.39, 0.29) is 23.5 Å². The first-order valence-electron chi connectivity index (χ1n) is 8.51. The quantitative estimate of drug-likeness (QED) is 0.650. The highest BCUT2D eigenvalue weighted by atomic mass is 16.3. The molecule has 1 aliphatic rings. The molecule has 1 unspecified atom stereocenters. The second-order valence-corrected chi connectivity index (χ2v) is 6.32. The van der Waals surface area contributed by atoms with Gasteiger partial charge < -0.3 is 9.32 Å². The van der Waals surface area contributed by atoms with Gasteiger partial charge in [-0.25, -0.2) is 0 Å². The third-order valence-electron chi connectivity index (χ3n) is 4.63. The minimum atomic E-state index is -0.512. The summed E-state index contributed by atoms with van der Waals surface area (Å²) < 4.78 is 5.57. The summed E-state index contributed by atoms with van der Waals surface area (Å²) in [5.41, 5.74) is 6.17. The molecule has 2 heterocycles. The van der Waals surface area contributed by atoms with Gasteiger partial charge in [0.2, 0.25) is 11.8 Å². The fourth-order valence-electron chi connectivity index (χ4n) is 3.19. The number of rotatable bonds is 3. The van der Waals surface area contributed by atoms with Crippen LogP contribution in [0.3, 0.4) is 0 Å². The van der Waals surface area contributed by atoms with E-state index in [1.54, 1.807) is 17.9 Å². The molecule has 7 heteroatoms. The molecule has 1 fully saturated rings. The number of benzene rings is 1. The van der Waals surface area contributed by atoms with Crippen LogP contribution in [-0.2, 0) is 9.59 Å². The van der Waals surface area contributed by atoms with Crippen molar-refractivity contribution in [3.63, 3.8) is 0 Å². The SMILES string of the molecule is C=CC(=O)N1CCCC(C(=O)NNC(=O)c2oc3ccccc3c2C)C1. The summed E-state index contributed by atoms with van der Waals surface area (Å²) in [7, 11) is 0. The van der Waals surface area contributed by atoms with Crippen LogP contribution in [0.1, 0.15) is 29.0 Å². The molecule has 2 N–H and O–H groups in total. The van der Waals surface area contributed by atoms with E-state index in [0.717, 1.165) is 11.8 Å². The van der Waals surface area contributed by atoms with Crippen LogP contribution >= 0.6 is 0 Å². The van der Waals surface area contributed by atoms with Crippen LogP contribution in [0.2, 0.25) is 0 Å². The Labute approximate surface area is 151 Å². The van der Waals surface area contributed by atoms with Crippen molar-refractivity contribution in [2.24, 2.45) is 5.92 Å². The number of hydrazine groups is 1. The molecule has 0 radical (unpaired) electrons. The van der Waals surface area contributed by atoms with Gasteiger partial charge in [-0.05, 0) is 31.9 Å². The highest BCUT2D eigenvalue weighted by Gasteiger charge is 2.28. The number of carbonyl (C=O) groups excluding carboxylic acids is 3. The smallest absolute Gasteiger partial charge is 0.305 e. The lowest BCUT2D eigenvalue weighted by Crippen LogP contribution is -2.49. The van der Waals surface area contributed by atoms with E-state index in [2.05, 4.69) is 17.4 Å². The van der Waals surface area contributed by atoms with E-state index < -0.39 is 5.91 Å². The summed E-state index contributed by atoms with van der Waals surface area (Å²) in [5, 5.41) is 0.856. The lowest BCUT2D eigenvalue weighted by Gasteiger charge is -2.31. The first kappa shape index (κ1) is 17.7. The predicted octanol–water partition coefficient (Wildman–Crippen LogP) is 1.93. The summed E-state index contributed by atoms with van der Waals surface area (Å²) in [6.45, 7) is 6.19. The molecule has 2 aromatic rings. The maximum absolute atomic E-state index is 12.3. The molecule has 1 atom stereocenters. The Morgan fingerprint density at radius 3 is 2.77 bits per heavy atom. The lowest BCUT2D eigenvalue weighted by atomic mass is 9.97. The molecule has 3 rings (SSSR count). The van der Waals surface area contributed by atoms with Crippen LogP contribution in [0.25, 0.3) is 11.0 Å². The maximum atomic E-state index is 12.3. The summed E-state index contributed by atoms with van der Waals surface area (Å²) >= 11 is 0. The molecule has 0 aliphatic carbocycles. The molecule has 1 saturated heterocycles. The van der Waals surface area contributed by atoms with Crippen molar-refractivity contribution in [3.05, 3.63) is 48.2 Å². The molecule has 1 aromatic carbocycles. The maximum Gasteiger partial charge on any atom is 0.305 e. The molecule has 0 spiro atoms. The van der Waals surface area contributed by atoms with E-state index in [0.29, 0.717) is 30.7 Å². The van der Waals surface area contributed by atoms with E-state index >= 15 is 0 Å². The molecule has 26 heavy (non-hydrogen) atoms. The highest BCUT2D eigenvalue weighted by Crippen LogP contribution is 2.24. The second-order valence-electron chi connectivity index (χ2n) is 6.32. The van der Waals surface area contributed by atoms with Gasteiger partial charge >= 0.3 is 5.91 Å². The Morgan fingerprint density at radius 2 is 2.04 bits per heavy atom. The van der Waals surface area contributed by atoms with E-state index in [1.807, 2.05) is 18.2 Å². The number of hydrogen-bond donors (Lipinski definition) is 2. The van der Waals surface area contributed by atoms with Crippen LogP contribution in [0.4, 0.5) is 0 Å². The fourth-order valence-corrected chi connectivity index (χ4v) is 3.19. The Morgan fingerprint density at radius 1 is 1.27 bits per heavy atom. The lowest BCUT2D eigenvalue weighted by molar-refractivity contribution is -0.132. The minimum Gasteiger partial charge on any atom is -0.451 e. The van der Waals surface area contributed by atoms with Crippen molar-refractivity contribution in [2.45, 2.75) is 19.8 Å². The first-order chi connectivity index (χ1) is 12.5. The van der Waals surface area contributed by atoms with Crippen molar-refractivity contribution in [1.82, 2.24) is 15.8 Å². The van der Waals surface area contributed by atoms with Crippen LogP contribution in [0.5, 0.6) is 0 Å². The van der Waals surface area contributed by atoms with Crippen molar-refractivity contribution >= 4 is 28.7 Å². The number of hydrogen-bond acceptors (Lipinski definition) is 4. The largest absolute Gasteiger partial charge is 0.451 e. The van der Waals surface area contributed by atoms with Gasteiger partial charge in [-0.1, -0.05) is 24.8 Å². The number of likely N-dealkylation sites (tertiary alicyclic amines) is 1. The highest BCUT2D eigenvalue weighted by molar-refractivity contribution is 5.99. The number of amides is 3. The molecule has 1 aromatic heterocycles. The van der Waals surface area contributed by atoms with Gasteiger partial charge in [-0.2, -0.15) is 0 Å². The monoisotopic (exact) mass is 355 g/mol. The van der Waals surface area contributed by atoms with Crippen molar-refractivity contribution in [1.29, 1.82) is 0 Å². The molecular weight excluding hydrogens is 334 g/mol. The molecule has 136 valence electrons. The summed E-state index contributed by atoms with van der Waals surface area (Å²) in [4.78, 5) is 38.0. The summed E-state index contributed by atoms with van der Waals surface area (Å²) in [5.74, 6) is -1.23.